The molecular formula is C10H18N2O. The van der Waals surface area contributed by atoms with Crippen LogP contribution in [0.3, 0.4) is 0 Å². The van der Waals surface area contributed by atoms with Crippen LogP contribution in [0.15, 0.2) is 0 Å². The number of primary amides is 1. The Morgan fingerprint density at radius 3 is 2.54 bits per heavy atom. The minimum Gasteiger partial charge on any atom is -0.352 e. The average molecular weight is 182 g/mol. The first-order valence-corrected chi connectivity index (χ1v) is 5.31. The molecule has 0 aliphatic heterocycles. The Kier molecular flexibility index (Phi) is 2.42. The van der Waals surface area contributed by atoms with Crippen molar-refractivity contribution in [2.24, 2.45) is 17.6 Å². The van der Waals surface area contributed by atoms with Gasteiger partial charge in [0.25, 0.3) is 0 Å². The van der Waals surface area contributed by atoms with Gasteiger partial charge in [-0.2, -0.15) is 0 Å². The van der Waals surface area contributed by atoms with E-state index in [1.54, 1.807) is 0 Å². The minimum atomic E-state index is -0.360. The summed E-state index contributed by atoms with van der Waals surface area (Å²) in [5.41, 5.74) is 5.11. The van der Waals surface area contributed by atoms with Crippen LogP contribution < -0.4 is 11.1 Å². The highest BCUT2D eigenvalue weighted by Crippen LogP contribution is 2.43. The molecule has 2 aliphatic rings. The van der Waals surface area contributed by atoms with Crippen molar-refractivity contribution in [1.82, 2.24) is 5.32 Å². The van der Waals surface area contributed by atoms with Crippen LogP contribution >= 0.6 is 0 Å². The summed E-state index contributed by atoms with van der Waals surface area (Å²) in [6.45, 7) is 0. The molecule has 2 rings (SSSR count). The first-order chi connectivity index (χ1) is 6.25. The first-order valence-electron chi connectivity index (χ1n) is 5.31. The second-order valence-corrected chi connectivity index (χ2v) is 4.47. The highest BCUT2D eigenvalue weighted by atomic mass is 16.2. The Balaban J connectivity index is 1.80. The second kappa shape index (κ2) is 3.56. The Labute approximate surface area is 79.1 Å². The molecule has 13 heavy (non-hydrogen) atoms. The van der Waals surface area contributed by atoms with Gasteiger partial charge in [0, 0.05) is 6.04 Å². The molecule has 3 nitrogen and oxygen atoms in total. The molecule has 0 aromatic rings. The van der Waals surface area contributed by atoms with Gasteiger partial charge >= 0.3 is 6.03 Å². The van der Waals surface area contributed by atoms with Crippen LogP contribution in [0.1, 0.15) is 38.5 Å². The van der Waals surface area contributed by atoms with Gasteiger partial charge in [0.2, 0.25) is 0 Å². The summed E-state index contributed by atoms with van der Waals surface area (Å²) in [6, 6.07) is -0.00158. The molecule has 0 heterocycles. The number of nitrogens with two attached hydrogens (primary N) is 1. The maximum absolute atomic E-state index is 10.7. The molecule has 2 aliphatic carbocycles. The third kappa shape index (κ3) is 2.36. The number of carbonyl (C=O) groups is 1. The lowest BCUT2D eigenvalue weighted by molar-refractivity contribution is 0.228. The largest absolute Gasteiger partial charge is 0.352 e. The van der Waals surface area contributed by atoms with Crippen molar-refractivity contribution in [3.8, 4) is 0 Å². The zero-order chi connectivity index (χ0) is 9.26. The van der Waals surface area contributed by atoms with Crippen LogP contribution in [-0.2, 0) is 0 Å². The third-order valence-electron chi connectivity index (χ3n) is 3.35. The Bertz CT molecular complexity index is 201. The maximum Gasteiger partial charge on any atom is 0.312 e. The molecule has 0 saturated heterocycles. The van der Waals surface area contributed by atoms with E-state index in [-0.39, 0.29) is 6.03 Å². The van der Waals surface area contributed by atoms with E-state index in [1.807, 2.05) is 0 Å². The van der Waals surface area contributed by atoms with Gasteiger partial charge in [0.05, 0.1) is 0 Å². The highest BCUT2D eigenvalue weighted by Gasteiger charge is 2.34. The molecular weight excluding hydrogens is 164 g/mol. The van der Waals surface area contributed by atoms with Crippen molar-refractivity contribution in [2.75, 3.05) is 0 Å². The van der Waals surface area contributed by atoms with E-state index >= 15 is 0 Å². The normalized spacial score (nSPS) is 34.2. The molecule has 2 unspecified atom stereocenters. The van der Waals surface area contributed by atoms with E-state index in [2.05, 4.69) is 5.32 Å². The molecule has 0 aromatic carbocycles. The van der Waals surface area contributed by atoms with Crippen molar-refractivity contribution < 1.29 is 4.79 Å². The van der Waals surface area contributed by atoms with Gasteiger partial charge in [-0.1, -0.05) is 12.8 Å². The van der Waals surface area contributed by atoms with E-state index in [9.17, 15) is 4.79 Å². The third-order valence-corrected chi connectivity index (χ3v) is 3.35. The molecule has 0 bridgehead atoms. The average Bonchev–Trinajstić information content (AvgIpc) is 2.85. The van der Waals surface area contributed by atoms with E-state index in [4.69, 9.17) is 5.73 Å². The van der Waals surface area contributed by atoms with Gasteiger partial charge in [0.1, 0.15) is 0 Å². The van der Waals surface area contributed by atoms with E-state index < -0.39 is 0 Å². The second-order valence-electron chi connectivity index (χ2n) is 4.47. The number of nitrogens with one attached hydrogen (secondary N) is 1. The van der Waals surface area contributed by atoms with Gasteiger partial charge in [0.15, 0.2) is 0 Å². The summed E-state index contributed by atoms with van der Waals surface area (Å²) >= 11 is 0. The molecule has 2 saturated carbocycles. The van der Waals surface area contributed by atoms with Gasteiger partial charge in [-0.05, 0) is 37.5 Å². The lowest BCUT2D eigenvalue weighted by atomic mass is 9.83. The molecule has 0 radical (unpaired) electrons. The molecule has 3 N–H and O–H groups in total. The molecule has 74 valence electrons. The van der Waals surface area contributed by atoms with Crippen LogP contribution in [-0.4, -0.2) is 12.1 Å². The first kappa shape index (κ1) is 8.85. The highest BCUT2D eigenvalue weighted by molar-refractivity contribution is 5.71. The van der Waals surface area contributed by atoms with Crippen molar-refractivity contribution in [1.29, 1.82) is 0 Å². The van der Waals surface area contributed by atoms with E-state index in [1.165, 1.54) is 25.7 Å². The fraction of sp³-hybridized carbons (Fsp3) is 0.900. The standard InChI is InChI=1S/C10H18N2O/c11-10(13)12-9-3-1-2-8(6-9)7-4-5-7/h7-9H,1-6H2,(H3,11,12,13). The summed E-state index contributed by atoms with van der Waals surface area (Å²) in [4.78, 5) is 10.7. The van der Waals surface area contributed by atoms with Crippen LogP contribution in [0.4, 0.5) is 4.79 Å². The van der Waals surface area contributed by atoms with E-state index in [0.717, 1.165) is 24.7 Å². The Morgan fingerprint density at radius 1 is 1.15 bits per heavy atom. The molecule has 3 heteroatoms. The van der Waals surface area contributed by atoms with Crippen LogP contribution in [0.5, 0.6) is 0 Å². The van der Waals surface area contributed by atoms with E-state index in [0.29, 0.717) is 6.04 Å². The number of hydrogen-bond acceptors (Lipinski definition) is 1. The summed E-state index contributed by atoms with van der Waals surface area (Å²) in [5, 5.41) is 2.83. The topological polar surface area (TPSA) is 55.1 Å². The van der Waals surface area contributed by atoms with Gasteiger partial charge in [-0.25, -0.2) is 4.79 Å². The van der Waals surface area contributed by atoms with Gasteiger partial charge in [-0.3, -0.25) is 0 Å². The smallest absolute Gasteiger partial charge is 0.312 e. The fourth-order valence-corrected chi connectivity index (χ4v) is 2.56. The predicted molar refractivity (Wildman–Crippen MR) is 51.2 cm³/mol. The lowest BCUT2D eigenvalue weighted by Gasteiger charge is -2.29. The van der Waals surface area contributed by atoms with Crippen molar-refractivity contribution in [2.45, 2.75) is 44.6 Å². The number of rotatable bonds is 2. The predicted octanol–water partition coefficient (Wildman–Crippen LogP) is 1.62. The number of amides is 2. The summed E-state index contributed by atoms with van der Waals surface area (Å²) in [6.07, 6.45) is 7.72. The zero-order valence-corrected chi connectivity index (χ0v) is 7.96. The van der Waals surface area contributed by atoms with Crippen LogP contribution in [0.2, 0.25) is 0 Å². The fourth-order valence-electron chi connectivity index (χ4n) is 2.56. The number of urea groups is 1. The lowest BCUT2D eigenvalue weighted by Crippen LogP contribution is -2.41. The zero-order valence-electron chi connectivity index (χ0n) is 7.96. The molecule has 2 fully saturated rings. The minimum absolute atomic E-state index is 0.358. The van der Waals surface area contributed by atoms with Crippen LogP contribution in [0.25, 0.3) is 0 Å². The molecule has 2 atom stereocenters. The molecule has 2 amide bonds. The SMILES string of the molecule is NC(=O)NC1CCCC(C2CC2)C1. The quantitative estimate of drug-likeness (QED) is 0.670. The number of hydrogen-bond donors (Lipinski definition) is 2. The summed E-state index contributed by atoms with van der Waals surface area (Å²) in [7, 11) is 0. The van der Waals surface area contributed by atoms with Gasteiger partial charge in [-0.15, -0.1) is 0 Å². The Morgan fingerprint density at radius 2 is 1.92 bits per heavy atom. The van der Waals surface area contributed by atoms with Gasteiger partial charge < -0.3 is 11.1 Å². The van der Waals surface area contributed by atoms with Crippen molar-refractivity contribution >= 4 is 6.03 Å². The maximum atomic E-state index is 10.7. The molecule has 0 spiro atoms. The van der Waals surface area contributed by atoms with Crippen LogP contribution in [0, 0.1) is 11.8 Å². The monoisotopic (exact) mass is 182 g/mol. The van der Waals surface area contributed by atoms with Crippen molar-refractivity contribution in [3.63, 3.8) is 0 Å². The molecule has 0 aromatic heterocycles. The summed E-state index contributed by atoms with van der Waals surface area (Å²) < 4.78 is 0. The van der Waals surface area contributed by atoms with Crippen molar-refractivity contribution in [3.05, 3.63) is 0 Å². The summed E-state index contributed by atoms with van der Waals surface area (Å²) in [5.74, 6) is 1.84. The number of carbonyl (C=O) groups excluding carboxylic acids is 1. The Hall–Kier alpha value is -0.730.